The fourth-order valence-electron chi connectivity index (χ4n) is 3.25. The van der Waals surface area contributed by atoms with E-state index in [9.17, 15) is 9.13 Å². The first-order chi connectivity index (χ1) is 13.6. The molecule has 0 aromatic heterocycles. The standard InChI is InChI=1S/C22H44O5P2/c1-8-25-28(7,23)22(29(24,26-9-2)27-10-3)19-14-12-11-13-17-21(6)18-15-16-20(4)5/h16-17,22H,8-15,18-19H2,1-7H3/b21-17+. The van der Waals surface area contributed by atoms with Crippen LogP contribution >= 0.6 is 15.0 Å². The Labute approximate surface area is 179 Å². The highest BCUT2D eigenvalue weighted by molar-refractivity contribution is 7.74. The van der Waals surface area contributed by atoms with Gasteiger partial charge in [-0.3, -0.25) is 9.13 Å². The van der Waals surface area contributed by atoms with Gasteiger partial charge in [-0.2, -0.15) is 0 Å². The maximum absolute atomic E-state index is 13.3. The summed E-state index contributed by atoms with van der Waals surface area (Å²) in [7, 11) is -6.58. The summed E-state index contributed by atoms with van der Waals surface area (Å²) in [5.41, 5.74) is 2.79. The van der Waals surface area contributed by atoms with Crippen molar-refractivity contribution in [2.24, 2.45) is 0 Å². The Morgan fingerprint density at radius 2 is 1.41 bits per heavy atom. The molecule has 0 spiro atoms. The van der Waals surface area contributed by atoms with Crippen molar-refractivity contribution in [1.29, 1.82) is 0 Å². The highest BCUT2D eigenvalue weighted by atomic mass is 31.2. The number of hydrogen-bond acceptors (Lipinski definition) is 5. The van der Waals surface area contributed by atoms with Gasteiger partial charge in [0.05, 0.1) is 19.8 Å². The molecule has 0 saturated heterocycles. The average Bonchev–Trinajstić information content (AvgIpc) is 2.60. The molecule has 7 heteroatoms. The van der Waals surface area contributed by atoms with Gasteiger partial charge < -0.3 is 13.6 Å². The zero-order valence-electron chi connectivity index (χ0n) is 19.7. The third kappa shape index (κ3) is 12.3. The summed E-state index contributed by atoms with van der Waals surface area (Å²) in [6, 6.07) is 0. The van der Waals surface area contributed by atoms with Gasteiger partial charge in [0.2, 0.25) is 7.37 Å². The molecule has 29 heavy (non-hydrogen) atoms. The molecule has 0 heterocycles. The topological polar surface area (TPSA) is 61.8 Å². The predicted octanol–water partition coefficient (Wildman–Crippen LogP) is 8.17. The largest absolute Gasteiger partial charge is 0.343 e. The fraction of sp³-hybridized carbons (Fsp3) is 0.818. The van der Waals surface area contributed by atoms with Crippen LogP contribution in [0.5, 0.6) is 0 Å². The molecule has 0 aliphatic heterocycles. The van der Waals surface area contributed by atoms with Crippen molar-refractivity contribution < 1.29 is 22.7 Å². The molecule has 0 aromatic carbocycles. The normalized spacial score (nSPS) is 15.8. The second kappa shape index (κ2) is 15.6. The maximum atomic E-state index is 13.3. The van der Waals surface area contributed by atoms with E-state index in [-0.39, 0.29) is 13.2 Å². The first-order valence-corrected chi connectivity index (χ1v) is 14.8. The molecule has 2 unspecified atom stereocenters. The second-order valence-corrected chi connectivity index (χ2v) is 13.0. The van der Waals surface area contributed by atoms with Gasteiger partial charge in [-0.1, -0.05) is 36.1 Å². The van der Waals surface area contributed by atoms with Gasteiger partial charge in [0.25, 0.3) is 0 Å². The van der Waals surface area contributed by atoms with E-state index in [1.54, 1.807) is 27.4 Å². The molecule has 172 valence electrons. The SMILES string of the molecule is CCOP(C)(=O)C(CCCCC/C=C(\C)CCC=C(C)C)P(=O)(OCC)OCC. The van der Waals surface area contributed by atoms with Crippen LogP contribution in [-0.2, 0) is 22.7 Å². The molecule has 0 aromatic rings. The van der Waals surface area contributed by atoms with Crippen LogP contribution in [0.4, 0.5) is 0 Å². The number of unbranched alkanes of at least 4 members (excludes halogenated alkanes) is 3. The van der Waals surface area contributed by atoms with Crippen LogP contribution in [0.1, 0.15) is 86.5 Å². The Balaban J connectivity index is 4.74. The van der Waals surface area contributed by atoms with Crippen LogP contribution < -0.4 is 0 Å². The van der Waals surface area contributed by atoms with Crippen molar-refractivity contribution in [3.8, 4) is 0 Å². The van der Waals surface area contributed by atoms with Gasteiger partial charge in [0.15, 0.2) is 0 Å². The Kier molecular flexibility index (Phi) is 15.5. The monoisotopic (exact) mass is 450 g/mol. The van der Waals surface area contributed by atoms with E-state index in [4.69, 9.17) is 13.6 Å². The van der Waals surface area contributed by atoms with Crippen molar-refractivity contribution in [2.75, 3.05) is 26.5 Å². The third-order valence-electron chi connectivity index (χ3n) is 4.66. The summed E-state index contributed by atoms with van der Waals surface area (Å²) in [4.78, 5) is 0. The van der Waals surface area contributed by atoms with Gasteiger partial charge in [-0.05, 0) is 73.6 Å². The van der Waals surface area contributed by atoms with E-state index in [0.29, 0.717) is 13.0 Å². The van der Waals surface area contributed by atoms with Crippen LogP contribution in [0.15, 0.2) is 23.3 Å². The van der Waals surface area contributed by atoms with Crippen molar-refractivity contribution in [2.45, 2.75) is 91.9 Å². The zero-order chi connectivity index (χ0) is 22.3. The van der Waals surface area contributed by atoms with Crippen molar-refractivity contribution in [3.63, 3.8) is 0 Å². The van der Waals surface area contributed by atoms with E-state index < -0.39 is 20.4 Å². The molecule has 2 atom stereocenters. The van der Waals surface area contributed by atoms with E-state index >= 15 is 0 Å². The summed E-state index contributed by atoms with van der Waals surface area (Å²) < 4.78 is 42.9. The summed E-state index contributed by atoms with van der Waals surface area (Å²) >= 11 is 0. The van der Waals surface area contributed by atoms with E-state index in [1.807, 2.05) is 0 Å². The van der Waals surface area contributed by atoms with Gasteiger partial charge in [0, 0.05) is 6.66 Å². The van der Waals surface area contributed by atoms with Crippen molar-refractivity contribution in [1.82, 2.24) is 0 Å². The van der Waals surface area contributed by atoms with E-state index in [2.05, 4.69) is 32.9 Å². The minimum atomic E-state index is -3.48. The Bertz CT molecular complexity index is 584. The Morgan fingerprint density at radius 3 is 1.93 bits per heavy atom. The van der Waals surface area contributed by atoms with Crippen molar-refractivity contribution in [3.05, 3.63) is 23.3 Å². The maximum Gasteiger partial charge on any atom is 0.343 e. The highest BCUT2D eigenvalue weighted by Crippen LogP contribution is 2.69. The molecule has 0 radical (unpaired) electrons. The fourth-order valence-corrected chi connectivity index (χ4v) is 8.88. The molecule has 0 aliphatic rings. The molecule has 0 aliphatic carbocycles. The zero-order valence-corrected chi connectivity index (χ0v) is 21.5. The average molecular weight is 451 g/mol. The Hall–Kier alpha value is -0.180. The van der Waals surface area contributed by atoms with Gasteiger partial charge in [-0.25, -0.2) is 0 Å². The summed E-state index contributed by atoms with van der Waals surface area (Å²) in [6.45, 7) is 14.2. The molecule has 0 N–H and O–H groups in total. The van der Waals surface area contributed by atoms with Crippen LogP contribution in [-0.4, -0.2) is 31.9 Å². The van der Waals surface area contributed by atoms with Crippen LogP contribution in [0.2, 0.25) is 0 Å². The van der Waals surface area contributed by atoms with E-state index in [1.165, 1.54) is 11.1 Å². The quantitative estimate of drug-likeness (QED) is 0.127. The lowest BCUT2D eigenvalue weighted by Crippen LogP contribution is -2.15. The molecule has 0 saturated carbocycles. The van der Waals surface area contributed by atoms with Gasteiger partial charge in [0.1, 0.15) is 5.40 Å². The smallest absolute Gasteiger partial charge is 0.328 e. The van der Waals surface area contributed by atoms with Crippen LogP contribution in [0.25, 0.3) is 0 Å². The molecule has 0 amide bonds. The number of allylic oxidation sites excluding steroid dienone is 4. The van der Waals surface area contributed by atoms with Gasteiger partial charge >= 0.3 is 7.60 Å². The summed E-state index contributed by atoms with van der Waals surface area (Å²) in [5.74, 6) is 0. The second-order valence-electron chi connectivity index (χ2n) is 7.69. The molecule has 5 nitrogen and oxygen atoms in total. The molecule has 0 rings (SSSR count). The first-order valence-electron chi connectivity index (χ1n) is 11.0. The summed E-state index contributed by atoms with van der Waals surface area (Å²) in [6.07, 6.45) is 11.2. The molecular formula is C22H44O5P2. The third-order valence-corrected chi connectivity index (χ3v) is 11.1. The first kappa shape index (κ1) is 28.8. The minimum Gasteiger partial charge on any atom is -0.328 e. The lowest BCUT2D eigenvalue weighted by Gasteiger charge is -2.30. The minimum absolute atomic E-state index is 0.261. The summed E-state index contributed by atoms with van der Waals surface area (Å²) in [5, 5.41) is -0.698. The van der Waals surface area contributed by atoms with Crippen molar-refractivity contribution >= 4 is 15.0 Å². The van der Waals surface area contributed by atoms with E-state index in [0.717, 1.165) is 38.5 Å². The number of hydrogen-bond donors (Lipinski definition) is 0. The number of rotatable bonds is 17. The van der Waals surface area contributed by atoms with Crippen LogP contribution in [0, 0.1) is 0 Å². The molecule has 0 fully saturated rings. The highest BCUT2D eigenvalue weighted by Gasteiger charge is 2.46. The lowest BCUT2D eigenvalue weighted by molar-refractivity contribution is 0.213. The lowest BCUT2D eigenvalue weighted by atomic mass is 10.1. The predicted molar refractivity (Wildman–Crippen MR) is 125 cm³/mol. The Morgan fingerprint density at radius 1 is 0.828 bits per heavy atom. The molecule has 0 bridgehead atoms. The van der Waals surface area contributed by atoms with Crippen LogP contribution in [0.3, 0.4) is 0 Å². The van der Waals surface area contributed by atoms with Gasteiger partial charge in [-0.15, -0.1) is 0 Å². The molecular weight excluding hydrogens is 406 g/mol.